The lowest BCUT2D eigenvalue weighted by Gasteiger charge is -2.49. The number of fused-ring (bicyclic) bond motifs is 1. The smallest absolute Gasteiger partial charge is 0.433 e. The number of amides is 2. The van der Waals surface area contributed by atoms with Crippen LogP contribution in [0.4, 0.5) is 26.7 Å². The zero-order valence-corrected chi connectivity index (χ0v) is 23.0. The van der Waals surface area contributed by atoms with Crippen LogP contribution in [0.2, 0.25) is 0 Å². The maximum atomic E-state index is 15.7. The molecule has 0 radical (unpaired) electrons. The molecule has 0 aliphatic carbocycles. The van der Waals surface area contributed by atoms with Gasteiger partial charge in [-0.25, -0.2) is 13.6 Å². The number of aryl methyl sites for hydroxylation is 2. The van der Waals surface area contributed by atoms with Crippen LogP contribution in [0.1, 0.15) is 60.1 Å². The number of pyridine rings is 1. The summed E-state index contributed by atoms with van der Waals surface area (Å²) in [5.74, 6) is -4.18. The molecule has 2 amide bonds. The third-order valence-electron chi connectivity index (χ3n) is 7.08. The molecule has 0 bridgehead atoms. The standard InChI is InChI=1S/C28H30F5N3O5/c1-14-11-17(40-13-16-7-6-9-34-22(16)28(31,32)33)12-18-20(15(2)41-21(14)18)23(37)35-19-8-10-36(25(38)39)24(26(3,4)5)27(19,29)30/h6-7,9,11-12,19,24H,8,10,13H2,1-5H3,(H,35,37)(H,38,39). The van der Waals surface area contributed by atoms with E-state index in [0.29, 0.717) is 10.5 Å². The Labute approximate surface area is 232 Å². The molecule has 3 aromatic rings. The number of carboxylic acid groups (broad SMARTS) is 1. The SMILES string of the molecule is Cc1oc2c(C)cc(OCc3cccnc3C(F)(F)F)cc2c1C(=O)NC1CCN(C(=O)O)C(C(C)(C)C)C1(F)F. The number of nitrogens with one attached hydrogen (secondary N) is 1. The fourth-order valence-electron chi connectivity index (χ4n) is 5.43. The monoisotopic (exact) mass is 583 g/mol. The topological polar surface area (TPSA) is 105 Å². The molecule has 222 valence electrons. The number of halogens is 5. The van der Waals surface area contributed by atoms with Crippen LogP contribution in [0, 0.1) is 19.3 Å². The highest BCUT2D eigenvalue weighted by molar-refractivity contribution is 6.08. The van der Waals surface area contributed by atoms with Gasteiger partial charge in [0.1, 0.15) is 29.7 Å². The molecule has 1 aliphatic rings. The van der Waals surface area contributed by atoms with Crippen LogP contribution < -0.4 is 10.1 Å². The lowest BCUT2D eigenvalue weighted by molar-refractivity contribution is -0.154. The summed E-state index contributed by atoms with van der Waals surface area (Å²) in [6, 6.07) is 2.17. The quantitative estimate of drug-likeness (QED) is 0.329. The lowest BCUT2D eigenvalue weighted by Crippen LogP contribution is -2.68. The third kappa shape index (κ3) is 5.80. The molecule has 1 aromatic carbocycles. The molecule has 2 aromatic heterocycles. The van der Waals surface area contributed by atoms with Crippen molar-refractivity contribution in [3.8, 4) is 5.75 Å². The first-order chi connectivity index (χ1) is 18.9. The molecule has 4 rings (SSSR count). The van der Waals surface area contributed by atoms with Gasteiger partial charge in [-0.1, -0.05) is 26.8 Å². The van der Waals surface area contributed by atoms with E-state index in [-0.39, 0.29) is 46.6 Å². The average Bonchev–Trinajstić information content (AvgIpc) is 3.18. The van der Waals surface area contributed by atoms with E-state index >= 15 is 8.78 Å². The Morgan fingerprint density at radius 3 is 2.51 bits per heavy atom. The molecule has 2 atom stereocenters. The summed E-state index contributed by atoms with van der Waals surface area (Å²) in [4.78, 5) is 29.2. The largest absolute Gasteiger partial charge is 0.489 e. The Hall–Kier alpha value is -3.90. The second-order valence-electron chi connectivity index (χ2n) is 11.2. The number of ether oxygens (including phenoxy) is 1. The molecule has 2 N–H and O–H groups in total. The predicted molar refractivity (Wildman–Crippen MR) is 138 cm³/mol. The summed E-state index contributed by atoms with van der Waals surface area (Å²) in [5, 5.41) is 12.1. The van der Waals surface area contributed by atoms with Gasteiger partial charge in [-0.05, 0) is 49.4 Å². The third-order valence-corrected chi connectivity index (χ3v) is 7.08. The van der Waals surface area contributed by atoms with E-state index in [4.69, 9.17) is 9.15 Å². The number of rotatable bonds is 5. The highest BCUT2D eigenvalue weighted by atomic mass is 19.4. The molecule has 8 nitrogen and oxygen atoms in total. The first-order valence-electron chi connectivity index (χ1n) is 12.8. The normalized spacial score (nSPS) is 19.3. The number of nitrogens with zero attached hydrogens (tertiary/aromatic N) is 2. The molecule has 41 heavy (non-hydrogen) atoms. The molecular weight excluding hydrogens is 553 g/mol. The molecule has 3 heterocycles. The van der Waals surface area contributed by atoms with Gasteiger partial charge in [0.15, 0.2) is 5.69 Å². The lowest BCUT2D eigenvalue weighted by atomic mass is 9.76. The van der Waals surface area contributed by atoms with Crippen molar-refractivity contribution in [3.05, 3.63) is 58.6 Å². The van der Waals surface area contributed by atoms with E-state index in [1.165, 1.54) is 52.0 Å². The molecule has 1 aliphatic heterocycles. The summed E-state index contributed by atoms with van der Waals surface area (Å²) in [6.45, 7) is 6.99. The second-order valence-corrected chi connectivity index (χ2v) is 11.2. The minimum absolute atomic E-state index is 0.0327. The maximum Gasteiger partial charge on any atom is 0.433 e. The first-order valence-corrected chi connectivity index (χ1v) is 12.8. The number of hydrogen-bond acceptors (Lipinski definition) is 5. The van der Waals surface area contributed by atoms with Crippen molar-refractivity contribution in [1.82, 2.24) is 15.2 Å². The van der Waals surface area contributed by atoms with Crippen LogP contribution in [0.15, 0.2) is 34.9 Å². The van der Waals surface area contributed by atoms with Crippen LogP contribution in [-0.2, 0) is 12.8 Å². The van der Waals surface area contributed by atoms with E-state index in [0.717, 1.165) is 6.20 Å². The number of hydrogen-bond donors (Lipinski definition) is 2. The van der Waals surface area contributed by atoms with Gasteiger partial charge in [-0.3, -0.25) is 14.7 Å². The van der Waals surface area contributed by atoms with Crippen LogP contribution in [0.3, 0.4) is 0 Å². The Balaban J connectivity index is 1.63. The Morgan fingerprint density at radius 2 is 1.90 bits per heavy atom. The van der Waals surface area contributed by atoms with Gasteiger partial charge < -0.3 is 19.6 Å². The van der Waals surface area contributed by atoms with Gasteiger partial charge in [-0.2, -0.15) is 13.2 Å². The van der Waals surface area contributed by atoms with Crippen molar-refractivity contribution in [2.45, 2.75) is 71.8 Å². The molecule has 0 spiro atoms. The number of furan rings is 1. The predicted octanol–water partition coefficient (Wildman–Crippen LogP) is 6.57. The molecule has 0 saturated carbocycles. The zero-order chi connectivity index (χ0) is 30.5. The number of piperidine rings is 1. The van der Waals surface area contributed by atoms with E-state index in [9.17, 15) is 27.9 Å². The van der Waals surface area contributed by atoms with Crippen LogP contribution in [0.5, 0.6) is 5.75 Å². The van der Waals surface area contributed by atoms with Gasteiger partial charge in [0.25, 0.3) is 11.8 Å². The molecule has 1 fully saturated rings. The molecule has 13 heteroatoms. The van der Waals surface area contributed by atoms with Crippen molar-refractivity contribution in [3.63, 3.8) is 0 Å². The van der Waals surface area contributed by atoms with Crippen LogP contribution in [-0.4, -0.2) is 51.5 Å². The fourth-order valence-corrected chi connectivity index (χ4v) is 5.43. The minimum Gasteiger partial charge on any atom is -0.489 e. The number of carbonyl (C=O) groups excluding carboxylic acids is 1. The maximum absolute atomic E-state index is 15.7. The summed E-state index contributed by atoms with van der Waals surface area (Å²) in [6.07, 6.45) is -5.43. The summed E-state index contributed by atoms with van der Waals surface area (Å²) in [5.41, 5.74) is -1.64. The van der Waals surface area contributed by atoms with E-state index in [1.54, 1.807) is 6.92 Å². The summed E-state index contributed by atoms with van der Waals surface area (Å²) in [7, 11) is 0. The van der Waals surface area contributed by atoms with Crippen molar-refractivity contribution >= 4 is 23.0 Å². The van der Waals surface area contributed by atoms with Crippen molar-refractivity contribution in [2.75, 3.05) is 6.54 Å². The number of alkyl halides is 5. The Kier molecular flexibility index (Phi) is 7.70. The molecule has 2 unspecified atom stereocenters. The van der Waals surface area contributed by atoms with Crippen molar-refractivity contribution in [2.24, 2.45) is 5.41 Å². The number of benzene rings is 1. The summed E-state index contributed by atoms with van der Waals surface area (Å²) < 4.78 is 82.8. The van der Waals surface area contributed by atoms with Crippen molar-refractivity contribution in [1.29, 1.82) is 0 Å². The van der Waals surface area contributed by atoms with Crippen LogP contribution in [0.25, 0.3) is 11.0 Å². The summed E-state index contributed by atoms with van der Waals surface area (Å²) >= 11 is 0. The van der Waals surface area contributed by atoms with Gasteiger partial charge in [0.2, 0.25) is 0 Å². The van der Waals surface area contributed by atoms with E-state index in [1.807, 2.05) is 0 Å². The number of likely N-dealkylation sites (tertiary alicyclic amines) is 1. The number of carbonyl (C=O) groups is 2. The van der Waals surface area contributed by atoms with Gasteiger partial charge in [-0.15, -0.1) is 0 Å². The highest BCUT2D eigenvalue weighted by Gasteiger charge is 2.59. The zero-order valence-electron chi connectivity index (χ0n) is 23.0. The highest BCUT2D eigenvalue weighted by Crippen LogP contribution is 2.43. The van der Waals surface area contributed by atoms with E-state index < -0.39 is 53.9 Å². The molecule has 1 saturated heterocycles. The van der Waals surface area contributed by atoms with E-state index in [2.05, 4.69) is 10.3 Å². The minimum atomic E-state index is -4.68. The number of aromatic nitrogens is 1. The first kappa shape index (κ1) is 30.1. The molecular formula is C28H30F5N3O5. The van der Waals surface area contributed by atoms with Gasteiger partial charge >= 0.3 is 12.3 Å². The van der Waals surface area contributed by atoms with Gasteiger partial charge in [0, 0.05) is 23.7 Å². The van der Waals surface area contributed by atoms with Crippen molar-refractivity contribution < 1.29 is 45.8 Å². The Bertz CT molecular complexity index is 1480. The second kappa shape index (κ2) is 10.5. The van der Waals surface area contributed by atoms with Gasteiger partial charge in [0.05, 0.1) is 11.6 Å². The fraction of sp³-hybridized carbons (Fsp3) is 0.464. The van der Waals surface area contributed by atoms with Crippen LogP contribution >= 0.6 is 0 Å². The Morgan fingerprint density at radius 1 is 1.22 bits per heavy atom. The average molecular weight is 584 g/mol.